The molecule has 1 saturated carbocycles. The molecule has 6 heteroatoms. The van der Waals surface area contributed by atoms with Gasteiger partial charge in [-0.2, -0.15) is 0 Å². The van der Waals surface area contributed by atoms with E-state index in [9.17, 15) is 4.79 Å². The molecular weight excluding hydrogens is 410 g/mol. The van der Waals surface area contributed by atoms with Crippen LogP contribution < -0.4 is 5.73 Å². The van der Waals surface area contributed by atoms with Crippen LogP contribution in [0.2, 0.25) is 0 Å². The molecule has 1 aliphatic heterocycles. The molecule has 1 amide bonds. The van der Waals surface area contributed by atoms with Crippen LogP contribution in [0.4, 0.5) is 0 Å². The Hall–Kier alpha value is 0.350. The molecular formula is C16H33Br2N3O. The Morgan fingerprint density at radius 2 is 1.91 bits per heavy atom. The topological polar surface area (TPSA) is 49.6 Å². The third kappa shape index (κ3) is 4.68. The zero-order chi connectivity index (χ0) is 14.9. The number of carbonyl (C=O) groups is 1. The minimum atomic E-state index is -0.247. The number of rotatable bonds is 4. The fourth-order valence-corrected chi connectivity index (χ4v) is 3.92. The van der Waals surface area contributed by atoms with Crippen molar-refractivity contribution in [2.24, 2.45) is 11.7 Å². The van der Waals surface area contributed by atoms with Crippen LogP contribution in [0.3, 0.4) is 0 Å². The Labute approximate surface area is 156 Å². The summed E-state index contributed by atoms with van der Waals surface area (Å²) in [6.07, 6.45) is 5.55. The summed E-state index contributed by atoms with van der Waals surface area (Å²) in [7, 11) is 2.24. The van der Waals surface area contributed by atoms with E-state index < -0.39 is 0 Å². The van der Waals surface area contributed by atoms with Gasteiger partial charge in [0.1, 0.15) is 0 Å². The van der Waals surface area contributed by atoms with Crippen LogP contribution in [0.25, 0.3) is 0 Å². The highest BCUT2D eigenvalue weighted by molar-refractivity contribution is 8.93. The highest BCUT2D eigenvalue weighted by atomic mass is 79.9. The molecule has 0 unspecified atom stereocenters. The lowest BCUT2D eigenvalue weighted by Crippen LogP contribution is -2.50. The van der Waals surface area contributed by atoms with Crippen LogP contribution in [0, 0.1) is 5.92 Å². The second kappa shape index (κ2) is 9.60. The SMILES string of the molecule is Br.Br.CC[C@@H]1C[C@H](N(C)C(C)C)CC[C@@H]1N1CC[C@H](N)C1=O. The Bertz CT molecular complexity index is 354. The molecule has 1 heterocycles. The molecule has 132 valence electrons. The van der Waals surface area contributed by atoms with E-state index in [0.717, 1.165) is 25.8 Å². The van der Waals surface area contributed by atoms with E-state index in [1.165, 1.54) is 12.8 Å². The van der Waals surface area contributed by atoms with Crippen molar-refractivity contribution in [3.63, 3.8) is 0 Å². The van der Waals surface area contributed by atoms with Gasteiger partial charge >= 0.3 is 0 Å². The molecule has 0 aromatic rings. The number of halogens is 2. The Balaban J connectivity index is 0.00000220. The number of likely N-dealkylation sites (tertiary alicyclic amines) is 1. The van der Waals surface area contributed by atoms with E-state index in [1.807, 2.05) is 0 Å². The van der Waals surface area contributed by atoms with Crippen LogP contribution >= 0.6 is 34.0 Å². The Morgan fingerprint density at radius 1 is 1.27 bits per heavy atom. The number of nitrogens with zero attached hydrogens (tertiary/aromatic N) is 2. The third-order valence-corrected chi connectivity index (χ3v) is 5.51. The van der Waals surface area contributed by atoms with E-state index >= 15 is 0 Å². The van der Waals surface area contributed by atoms with E-state index in [4.69, 9.17) is 5.73 Å². The molecule has 0 radical (unpaired) electrons. The van der Waals surface area contributed by atoms with E-state index in [0.29, 0.717) is 24.0 Å². The number of amides is 1. The second-order valence-electron chi connectivity index (χ2n) is 6.89. The molecule has 2 rings (SSSR count). The largest absolute Gasteiger partial charge is 0.338 e. The van der Waals surface area contributed by atoms with Gasteiger partial charge < -0.3 is 15.5 Å². The average molecular weight is 443 g/mol. The monoisotopic (exact) mass is 441 g/mol. The van der Waals surface area contributed by atoms with Gasteiger partial charge in [-0.1, -0.05) is 13.3 Å². The molecule has 2 fully saturated rings. The fraction of sp³-hybridized carbons (Fsp3) is 0.938. The van der Waals surface area contributed by atoms with Crippen molar-refractivity contribution in [3.8, 4) is 0 Å². The minimum Gasteiger partial charge on any atom is -0.338 e. The van der Waals surface area contributed by atoms with Crippen molar-refractivity contribution in [2.45, 2.75) is 77.0 Å². The summed E-state index contributed by atoms with van der Waals surface area (Å²) >= 11 is 0. The highest BCUT2D eigenvalue weighted by Gasteiger charge is 2.40. The van der Waals surface area contributed by atoms with Crippen molar-refractivity contribution in [1.82, 2.24) is 9.80 Å². The van der Waals surface area contributed by atoms with Crippen molar-refractivity contribution in [1.29, 1.82) is 0 Å². The smallest absolute Gasteiger partial charge is 0.239 e. The van der Waals surface area contributed by atoms with Gasteiger partial charge in [0.15, 0.2) is 0 Å². The lowest BCUT2D eigenvalue weighted by molar-refractivity contribution is -0.132. The predicted octanol–water partition coefficient (Wildman–Crippen LogP) is 2.99. The lowest BCUT2D eigenvalue weighted by Gasteiger charge is -2.44. The van der Waals surface area contributed by atoms with Crippen LogP contribution in [0.1, 0.15) is 52.9 Å². The normalized spacial score (nSPS) is 32.1. The summed E-state index contributed by atoms with van der Waals surface area (Å²) in [6.45, 7) is 7.65. The molecule has 0 aromatic carbocycles. The molecule has 0 bridgehead atoms. The quantitative estimate of drug-likeness (QED) is 0.727. The van der Waals surface area contributed by atoms with Crippen LogP contribution in [-0.2, 0) is 4.79 Å². The van der Waals surface area contributed by atoms with Crippen LogP contribution in [0.5, 0.6) is 0 Å². The lowest BCUT2D eigenvalue weighted by atomic mass is 9.78. The summed E-state index contributed by atoms with van der Waals surface area (Å²) in [5, 5.41) is 0. The van der Waals surface area contributed by atoms with Crippen LogP contribution in [-0.4, -0.2) is 53.5 Å². The van der Waals surface area contributed by atoms with E-state index in [1.54, 1.807) is 0 Å². The maximum atomic E-state index is 12.2. The maximum absolute atomic E-state index is 12.2. The van der Waals surface area contributed by atoms with Gasteiger partial charge in [-0.25, -0.2) is 0 Å². The third-order valence-electron chi connectivity index (χ3n) is 5.51. The predicted molar refractivity (Wildman–Crippen MR) is 103 cm³/mol. The van der Waals surface area contributed by atoms with Gasteiger partial charge in [0.05, 0.1) is 6.04 Å². The highest BCUT2D eigenvalue weighted by Crippen LogP contribution is 2.35. The van der Waals surface area contributed by atoms with Crippen molar-refractivity contribution in [3.05, 3.63) is 0 Å². The fourth-order valence-electron chi connectivity index (χ4n) is 3.92. The van der Waals surface area contributed by atoms with Gasteiger partial charge in [0.25, 0.3) is 0 Å². The number of hydrogen-bond acceptors (Lipinski definition) is 3. The molecule has 22 heavy (non-hydrogen) atoms. The second-order valence-corrected chi connectivity index (χ2v) is 6.89. The molecule has 4 nitrogen and oxygen atoms in total. The average Bonchev–Trinajstić information content (AvgIpc) is 2.77. The molecule has 0 spiro atoms. The standard InChI is InChI=1S/C16H31N3O.2BrH/c1-5-12-10-13(18(4)11(2)3)6-7-15(12)19-9-8-14(17)16(19)20;;/h11-15H,5-10,17H2,1-4H3;2*1H/t12-,13-,14+,15+;;/m1../s1. The summed E-state index contributed by atoms with van der Waals surface area (Å²) < 4.78 is 0. The van der Waals surface area contributed by atoms with Crippen molar-refractivity contribution < 1.29 is 4.79 Å². The maximum Gasteiger partial charge on any atom is 0.239 e. The molecule has 2 aliphatic rings. The molecule has 2 N–H and O–H groups in total. The molecule has 1 saturated heterocycles. The Kier molecular flexibility index (Phi) is 9.75. The minimum absolute atomic E-state index is 0. The van der Waals surface area contributed by atoms with Gasteiger partial charge in [0.2, 0.25) is 5.91 Å². The van der Waals surface area contributed by atoms with Gasteiger partial charge in [0, 0.05) is 24.7 Å². The first-order valence-electron chi connectivity index (χ1n) is 8.23. The first kappa shape index (κ1) is 22.4. The zero-order valence-electron chi connectivity index (χ0n) is 14.3. The molecule has 1 aliphatic carbocycles. The molecule has 4 atom stereocenters. The Morgan fingerprint density at radius 3 is 2.36 bits per heavy atom. The van der Waals surface area contributed by atoms with Gasteiger partial charge in [-0.05, 0) is 52.5 Å². The summed E-state index contributed by atoms with van der Waals surface area (Å²) in [4.78, 5) is 16.8. The number of carbonyl (C=O) groups excluding carboxylic acids is 1. The van der Waals surface area contributed by atoms with Crippen molar-refractivity contribution in [2.75, 3.05) is 13.6 Å². The first-order chi connectivity index (χ1) is 9.45. The van der Waals surface area contributed by atoms with Gasteiger partial charge in [-0.15, -0.1) is 34.0 Å². The van der Waals surface area contributed by atoms with Crippen LogP contribution in [0.15, 0.2) is 0 Å². The van der Waals surface area contributed by atoms with E-state index in [2.05, 4.69) is 37.6 Å². The summed E-state index contributed by atoms with van der Waals surface area (Å²) in [5.74, 6) is 0.813. The zero-order valence-corrected chi connectivity index (χ0v) is 17.8. The molecule has 0 aromatic heterocycles. The summed E-state index contributed by atoms with van der Waals surface area (Å²) in [6, 6.07) is 1.44. The number of hydrogen-bond donors (Lipinski definition) is 1. The van der Waals surface area contributed by atoms with E-state index in [-0.39, 0.29) is 45.9 Å². The van der Waals surface area contributed by atoms with Crippen molar-refractivity contribution >= 4 is 39.9 Å². The van der Waals surface area contributed by atoms with Gasteiger partial charge in [-0.3, -0.25) is 4.79 Å². The first-order valence-corrected chi connectivity index (χ1v) is 8.23. The number of nitrogens with two attached hydrogens (primary N) is 1. The summed E-state index contributed by atoms with van der Waals surface area (Å²) in [5.41, 5.74) is 5.88.